The molecule has 0 atom stereocenters. The van der Waals surface area contributed by atoms with Crippen LogP contribution in [0.3, 0.4) is 0 Å². The van der Waals surface area contributed by atoms with E-state index in [2.05, 4.69) is 20.6 Å². The standard InChI is InChI=1S/C30H34ClN5O7S/c1-18-6-10-23(26(33-18)28(38)35-25-11-7-19(31)17-32-25)34-27(37)22-9-8-21(44(5,40)41)16-24(22)42-20-12-14-36(15-13-20)29(39)43-30(2,3)4/h6-11,16-17,20H,12-15H2,1-5H3,(H,34,37)(H,32,35,38). The molecule has 234 valence electrons. The van der Waals surface area contributed by atoms with E-state index in [0.717, 1.165) is 6.26 Å². The highest BCUT2D eigenvalue weighted by Crippen LogP contribution is 2.29. The first-order valence-corrected chi connectivity index (χ1v) is 16.1. The van der Waals surface area contributed by atoms with Gasteiger partial charge in [0.1, 0.15) is 23.3 Å². The van der Waals surface area contributed by atoms with Crippen molar-refractivity contribution in [2.24, 2.45) is 0 Å². The van der Waals surface area contributed by atoms with Gasteiger partial charge in [-0.2, -0.15) is 0 Å². The molecule has 0 unspecified atom stereocenters. The first-order chi connectivity index (χ1) is 20.6. The summed E-state index contributed by atoms with van der Waals surface area (Å²) in [6.07, 6.45) is 2.50. The zero-order valence-corrected chi connectivity index (χ0v) is 26.6. The van der Waals surface area contributed by atoms with Gasteiger partial charge in [-0.3, -0.25) is 9.59 Å². The normalized spacial score (nSPS) is 14.1. The van der Waals surface area contributed by atoms with E-state index >= 15 is 0 Å². The second kappa shape index (κ2) is 13.2. The van der Waals surface area contributed by atoms with Gasteiger partial charge in [0, 0.05) is 44.1 Å². The zero-order chi connectivity index (χ0) is 32.2. The number of carbonyl (C=O) groups is 3. The van der Waals surface area contributed by atoms with Crippen LogP contribution in [-0.2, 0) is 14.6 Å². The number of ether oxygens (including phenoxy) is 2. The molecule has 2 aromatic heterocycles. The van der Waals surface area contributed by atoms with Crippen molar-refractivity contribution in [2.45, 2.75) is 57.1 Å². The molecule has 1 aliphatic rings. The second-order valence-corrected chi connectivity index (χ2v) is 13.8. The molecule has 4 rings (SSSR count). The molecule has 3 aromatic rings. The quantitative estimate of drug-likeness (QED) is 0.356. The van der Waals surface area contributed by atoms with Crippen molar-refractivity contribution in [1.82, 2.24) is 14.9 Å². The van der Waals surface area contributed by atoms with Crippen molar-refractivity contribution < 1.29 is 32.3 Å². The van der Waals surface area contributed by atoms with Crippen molar-refractivity contribution >= 4 is 50.9 Å². The Hall–Kier alpha value is -4.23. The van der Waals surface area contributed by atoms with E-state index in [9.17, 15) is 22.8 Å². The summed E-state index contributed by atoms with van der Waals surface area (Å²) in [5, 5.41) is 5.74. The highest BCUT2D eigenvalue weighted by atomic mass is 35.5. The Morgan fingerprint density at radius 3 is 2.32 bits per heavy atom. The molecule has 0 spiro atoms. The topological polar surface area (TPSA) is 157 Å². The van der Waals surface area contributed by atoms with Crippen LogP contribution in [0.15, 0.2) is 53.6 Å². The van der Waals surface area contributed by atoms with Gasteiger partial charge in [0.05, 0.1) is 21.2 Å². The molecular weight excluding hydrogens is 610 g/mol. The average molecular weight is 644 g/mol. The van der Waals surface area contributed by atoms with Crippen LogP contribution in [0.2, 0.25) is 5.02 Å². The fourth-order valence-corrected chi connectivity index (χ4v) is 5.07. The van der Waals surface area contributed by atoms with Crippen LogP contribution in [-0.4, -0.2) is 72.2 Å². The number of pyridine rings is 2. The third-order valence-corrected chi connectivity index (χ3v) is 7.81. The summed E-state index contributed by atoms with van der Waals surface area (Å²) in [6.45, 7) is 7.81. The van der Waals surface area contributed by atoms with Crippen molar-refractivity contribution in [3.05, 3.63) is 70.6 Å². The summed E-state index contributed by atoms with van der Waals surface area (Å²) in [5.41, 5.74) is 0.0319. The lowest BCUT2D eigenvalue weighted by Gasteiger charge is -2.33. The van der Waals surface area contributed by atoms with Gasteiger partial charge in [0.2, 0.25) is 0 Å². The third kappa shape index (κ3) is 8.66. The maximum Gasteiger partial charge on any atom is 0.410 e. The van der Waals surface area contributed by atoms with E-state index in [1.54, 1.807) is 50.8 Å². The van der Waals surface area contributed by atoms with Crippen LogP contribution in [0.5, 0.6) is 5.75 Å². The minimum atomic E-state index is -3.62. The molecule has 1 aliphatic heterocycles. The fourth-order valence-electron chi connectivity index (χ4n) is 4.33. The summed E-state index contributed by atoms with van der Waals surface area (Å²) >= 11 is 5.88. The highest BCUT2D eigenvalue weighted by molar-refractivity contribution is 7.90. The van der Waals surface area contributed by atoms with Crippen LogP contribution in [0.4, 0.5) is 16.3 Å². The predicted molar refractivity (Wildman–Crippen MR) is 165 cm³/mol. The van der Waals surface area contributed by atoms with E-state index in [0.29, 0.717) is 36.6 Å². The number of piperidine rings is 1. The third-order valence-electron chi connectivity index (χ3n) is 6.48. The molecule has 2 N–H and O–H groups in total. The number of nitrogens with zero attached hydrogens (tertiary/aromatic N) is 3. The lowest BCUT2D eigenvalue weighted by molar-refractivity contribution is 0.0126. The molecule has 0 saturated carbocycles. The molecule has 12 nitrogen and oxygen atoms in total. The number of aromatic nitrogens is 2. The number of sulfone groups is 1. The number of amides is 3. The van der Waals surface area contributed by atoms with Crippen molar-refractivity contribution in [3.63, 3.8) is 0 Å². The van der Waals surface area contributed by atoms with Crippen LogP contribution < -0.4 is 15.4 Å². The smallest absolute Gasteiger partial charge is 0.410 e. The van der Waals surface area contributed by atoms with Crippen molar-refractivity contribution in [2.75, 3.05) is 30.0 Å². The lowest BCUT2D eigenvalue weighted by atomic mass is 10.1. The molecule has 1 fully saturated rings. The molecular formula is C30H34ClN5O7S. The Labute approximate surface area is 261 Å². The van der Waals surface area contributed by atoms with Gasteiger partial charge in [-0.15, -0.1) is 0 Å². The highest BCUT2D eigenvalue weighted by Gasteiger charge is 2.29. The maximum atomic E-state index is 13.6. The van der Waals surface area contributed by atoms with Crippen molar-refractivity contribution in [1.29, 1.82) is 0 Å². The summed E-state index contributed by atoms with van der Waals surface area (Å²) < 4.78 is 36.3. The molecule has 3 amide bonds. The zero-order valence-electron chi connectivity index (χ0n) is 25.0. The van der Waals surface area contributed by atoms with Crippen molar-refractivity contribution in [3.8, 4) is 5.75 Å². The summed E-state index contributed by atoms with van der Waals surface area (Å²) in [6, 6.07) is 10.2. The van der Waals surface area contributed by atoms with Crippen LogP contribution in [0, 0.1) is 6.92 Å². The molecule has 14 heteroatoms. The number of hydrogen-bond donors (Lipinski definition) is 2. The molecule has 0 aliphatic carbocycles. The first-order valence-electron chi connectivity index (χ1n) is 13.8. The number of rotatable bonds is 7. The number of likely N-dealkylation sites (tertiary alicyclic amines) is 1. The van der Waals surface area contributed by atoms with Gasteiger partial charge >= 0.3 is 6.09 Å². The van der Waals surface area contributed by atoms with E-state index in [-0.39, 0.29) is 33.4 Å². The average Bonchev–Trinajstić information content (AvgIpc) is 2.94. The van der Waals surface area contributed by atoms with Gasteiger partial charge in [0.25, 0.3) is 11.8 Å². The summed E-state index contributed by atoms with van der Waals surface area (Å²) in [7, 11) is -3.62. The molecule has 44 heavy (non-hydrogen) atoms. The minimum absolute atomic E-state index is 0.0252. The van der Waals surface area contributed by atoms with E-state index in [4.69, 9.17) is 21.1 Å². The van der Waals surface area contributed by atoms with Gasteiger partial charge in [-0.1, -0.05) is 11.6 Å². The van der Waals surface area contributed by atoms with Gasteiger partial charge < -0.3 is 25.0 Å². The Morgan fingerprint density at radius 1 is 1.00 bits per heavy atom. The molecule has 1 aromatic carbocycles. The molecule has 3 heterocycles. The number of aryl methyl sites for hydroxylation is 1. The Balaban J connectivity index is 1.55. The Morgan fingerprint density at radius 2 is 1.70 bits per heavy atom. The van der Waals surface area contributed by atoms with Crippen LogP contribution in [0.25, 0.3) is 0 Å². The number of anilines is 2. The van der Waals surface area contributed by atoms with E-state index < -0.39 is 39.4 Å². The fraction of sp³-hybridized carbons (Fsp3) is 0.367. The SMILES string of the molecule is Cc1ccc(NC(=O)c2ccc(S(C)(=O)=O)cc2OC2CCN(C(=O)OC(C)(C)C)CC2)c(C(=O)Nc2ccc(Cl)cn2)n1. The molecule has 0 radical (unpaired) electrons. The van der Waals surface area contributed by atoms with Gasteiger partial charge in [0.15, 0.2) is 15.5 Å². The summed E-state index contributed by atoms with van der Waals surface area (Å²) in [4.78, 5) is 49.1. The summed E-state index contributed by atoms with van der Waals surface area (Å²) in [5.74, 6) is -0.961. The minimum Gasteiger partial charge on any atom is -0.489 e. The Kier molecular flexibility index (Phi) is 9.79. The molecule has 1 saturated heterocycles. The van der Waals surface area contributed by atoms with E-state index in [1.165, 1.54) is 30.5 Å². The van der Waals surface area contributed by atoms with Gasteiger partial charge in [-0.05, 0) is 70.2 Å². The predicted octanol–water partition coefficient (Wildman–Crippen LogP) is 5.12. The number of benzene rings is 1. The van der Waals surface area contributed by atoms with Crippen LogP contribution in [0.1, 0.15) is 60.2 Å². The van der Waals surface area contributed by atoms with Gasteiger partial charge in [-0.25, -0.2) is 23.2 Å². The number of carbonyl (C=O) groups excluding carboxylic acids is 3. The monoisotopic (exact) mass is 643 g/mol. The van der Waals surface area contributed by atoms with Crippen LogP contribution >= 0.6 is 11.6 Å². The van der Waals surface area contributed by atoms with E-state index in [1.807, 2.05) is 0 Å². The largest absolute Gasteiger partial charge is 0.489 e. The lowest BCUT2D eigenvalue weighted by Crippen LogP contribution is -2.44. The second-order valence-electron chi connectivity index (χ2n) is 11.3. The molecule has 0 bridgehead atoms. The number of nitrogens with one attached hydrogen (secondary N) is 2. The number of halogens is 1. The Bertz CT molecular complexity index is 1670. The number of hydrogen-bond acceptors (Lipinski definition) is 9. The maximum absolute atomic E-state index is 13.6. The first kappa shape index (κ1) is 32.7.